The van der Waals surface area contributed by atoms with Gasteiger partial charge in [-0.15, -0.1) is 5.06 Å². The van der Waals surface area contributed by atoms with Crippen LogP contribution in [0.1, 0.15) is 26.2 Å². The van der Waals surface area contributed by atoms with Crippen LogP contribution in [0, 0.1) is 0 Å². The van der Waals surface area contributed by atoms with E-state index in [4.69, 9.17) is 0 Å². The minimum absolute atomic E-state index is 0.0481. The summed E-state index contributed by atoms with van der Waals surface area (Å²) in [5.74, 6) is -1.87. The van der Waals surface area contributed by atoms with Crippen LogP contribution < -0.4 is 0 Å². The molecule has 1 heterocycles. The number of amides is 2. The smallest absolute Gasteiger partial charge is 0.336 e. The molecule has 88 valence electrons. The maximum absolute atomic E-state index is 11.2. The van der Waals surface area contributed by atoms with Crippen LogP contribution in [0.2, 0.25) is 0 Å². The second-order valence-corrected chi connectivity index (χ2v) is 3.29. The summed E-state index contributed by atoms with van der Waals surface area (Å²) < 4.78 is 4.46. The molecule has 1 atom stereocenters. The van der Waals surface area contributed by atoms with Gasteiger partial charge in [0, 0.05) is 12.8 Å². The minimum atomic E-state index is -0.794. The maximum Gasteiger partial charge on any atom is 0.336 e. The molecule has 1 aliphatic heterocycles. The van der Waals surface area contributed by atoms with Crippen molar-refractivity contribution >= 4 is 24.3 Å². The van der Waals surface area contributed by atoms with Gasteiger partial charge in [0.15, 0.2) is 0 Å². The van der Waals surface area contributed by atoms with Crippen molar-refractivity contribution < 1.29 is 28.8 Å². The minimum Gasteiger partial charge on any atom is -0.464 e. The summed E-state index contributed by atoms with van der Waals surface area (Å²) in [7, 11) is 0. The van der Waals surface area contributed by atoms with E-state index in [1.54, 1.807) is 0 Å². The fourth-order valence-corrected chi connectivity index (χ4v) is 1.17. The molecule has 0 aromatic heterocycles. The van der Waals surface area contributed by atoms with Crippen LogP contribution >= 0.6 is 0 Å². The fourth-order valence-electron chi connectivity index (χ4n) is 1.17. The Kier molecular flexibility index (Phi) is 3.98. The second kappa shape index (κ2) is 5.24. The average molecular weight is 229 g/mol. The molecule has 0 aromatic carbocycles. The Morgan fingerprint density at radius 3 is 2.50 bits per heavy atom. The fraction of sp³-hybridized carbons (Fsp3) is 0.556. The summed E-state index contributed by atoms with van der Waals surface area (Å²) in [6.07, 6.45) is -0.771. The van der Waals surface area contributed by atoms with Crippen LogP contribution in [0.4, 0.5) is 0 Å². The topological polar surface area (TPSA) is 90.0 Å². The lowest BCUT2D eigenvalue weighted by Crippen LogP contribution is -2.33. The quantitative estimate of drug-likeness (QED) is 0.468. The predicted molar refractivity (Wildman–Crippen MR) is 48.4 cm³/mol. The molecule has 0 radical (unpaired) electrons. The molecular formula is C9H11NO6. The first-order valence-electron chi connectivity index (χ1n) is 4.70. The van der Waals surface area contributed by atoms with E-state index in [2.05, 4.69) is 9.57 Å². The number of nitrogens with zero attached hydrogens (tertiary/aromatic N) is 1. The standard InChI is InChI=1S/C9H11NO6/c1-6(15-5-11)4-9(14)16-10-7(12)2-3-8(10)13/h5-6H,2-4H2,1H3. The summed E-state index contributed by atoms with van der Waals surface area (Å²) in [6.45, 7) is 1.70. The van der Waals surface area contributed by atoms with Gasteiger partial charge in [0.05, 0.1) is 6.42 Å². The van der Waals surface area contributed by atoms with Gasteiger partial charge in [-0.25, -0.2) is 4.79 Å². The molecule has 7 nitrogen and oxygen atoms in total. The van der Waals surface area contributed by atoms with Gasteiger partial charge in [0.2, 0.25) is 0 Å². The lowest BCUT2D eigenvalue weighted by Gasteiger charge is -2.14. The second-order valence-electron chi connectivity index (χ2n) is 3.29. The number of imide groups is 1. The highest BCUT2D eigenvalue weighted by Crippen LogP contribution is 2.13. The summed E-state index contributed by atoms with van der Waals surface area (Å²) in [4.78, 5) is 47.9. The summed E-state index contributed by atoms with van der Waals surface area (Å²) in [5.41, 5.74) is 0. The van der Waals surface area contributed by atoms with Gasteiger partial charge in [-0.1, -0.05) is 0 Å². The van der Waals surface area contributed by atoms with Crippen molar-refractivity contribution in [2.45, 2.75) is 32.3 Å². The monoisotopic (exact) mass is 229 g/mol. The lowest BCUT2D eigenvalue weighted by molar-refractivity contribution is -0.199. The number of hydroxylamine groups is 2. The van der Waals surface area contributed by atoms with Crippen LogP contribution in [0.25, 0.3) is 0 Å². The van der Waals surface area contributed by atoms with E-state index < -0.39 is 23.9 Å². The van der Waals surface area contributed by atoms with Crippen LogP contribution in [0.5, 0.6) is 0 Å². The highest BCUT2D eigenvalue weighted by atomic mass is 16.7. The molecule has 0 aliphatic carbocycles. The van der Waals surface area contributed by atoms with Gasteiger partial charge >= 0.3 is 5.97 Å². The molecule has 1 fully saturated rings. The van der Waals surface area contributed by atoms with E-state index in [-0.39, 0.29) is 25.7 Å². The van der Waals surface area contributed by atoms with Crippen molar-refractivity contribution in [2.75, 3.05) is 0 Å². The van der Waals surface area contributed by atoms with Crippen molar-refractivity contribution in [3.05, 3.63) is 0 Å². The number of carbonyl (C=O) groups excluding carboxylic acids is 4. The zero-order chi connectivity index (χ0) is 12.1. The SMILES string of the molecule is CC(CC(=O)ON1C(=O)CCC1=O)OC=O. The number of ether oxygens (including phenoxy) is 1. The van der Waals surface area contributed by atoms with Crippen molar-refractivity contribution in [1.29, 1.82) is 0 Å². The zero-order valence-electron chi connectivity index (χ0n) is 8.67. The molecule has 1 unspecified atom stereocenters. The average Bonchev–Trinajstić information content (AvgIpc) is 2.49. The molecule has 0 aromatic rings. The van der Waals surface area contributed by atoms with Gasteiger partial charge in [0.25, 0.3) is 18.3 Å². The number of hydrogen-bond acceptors (Lipinski definition) is 6. The first kappa shape index (κ1) is 12.2. The van der Waals surface area contributed by atoms with Crippen molar-refractivity contribution in [3.63, 3.8) is 0 Å². The highest BCUT2D eigenvalue weighted by molar-refractivity contribution is 6.01. The van der Waals surface area contributed by atoms with Crippen molar-refractivity contribution in [2.24, 2.45) is 0 Å². The van der Waals surface area contributed by atoms with Gasteiger partial charge in [-0.3, -0.25) is 14.4 Å². The van der Waals surface area contributed by atoms with Gasteiger partial charge < -0.3 is 9.57 Å². The number of hydrogen-bond donors (Lipinski definition) is 0. The lowest BCUT2D eigenvalue weighted by atomic mass is 10.3. The van der Waals surface area contributed by atoms with E-state index in [1.165, 1.54) is 6.92 Å². The zero-order valence-corrected chi connectivity index (χ0v) is 8.67. The molecule has 0 saturated carbocycles. The van der Waals surface area contributed by atoms with Crippen LogP contribution in [0.3, 0.4) is 0 Å². The Hall–Kier alpha value is -1.92. The third-order valence-electron chi connectivity index (χ3n) is 1.94. The first-order valence-corrected chi connectivity index (χ1v) is 4.70. The Morgan fingerprint density at radius 1 is 1.44 bits per heavy atom. The van der Waals surface area contributed by atoms with Crippen molar-refractivity contribution in [1.82, 2.24) is 5.06 Å². The summed E-state index contributed by atoms with van der Waals surface area (Å²) >= 11 is 0. The molecule has 1 aliphatic rings. The van der Waals surface area contributed by atoms with Gasteiger partial charge in [-0.05, 0) is 6.92 Å². The van der Waals surface area contributed by atoms with E-state index in [9.17, 15) is 19.2 Å². The Balaban J connectivity index is 2.42. The Labute approximate surface area is 91.2 Å². The molecule has 7 heteroatoms. The molecule has 0 spiro atoms. The summed E-state index contributed by atoms with van der Waals surface area (Å²) in [6, 6.07) is 0. The predicted octanol–water partition coefficient (Wildman–Crippen LogP) is -0.455. The van der Waals surface area contributed by atoms with E-state index in [1.807, 2.05) is 0 Å². The molecule has 1 rings (SSSR count). The maximum atomic E-state index is 11.2. The van der Waals surface area contributed by atoms with Gasteiger partial charge in [-0.2, -0.15) is 0 Å². The summed E-state index contributed by atoms with van der Waals surface area (Å²) in [5, 5.41) is 0.454. The van der Waals surface area contributed by atoms with E-state index in [0.717, 1.165) is 0 Å². The molecule has 0 bridgehead atoms. The molecule has 0 N–H and O–H groups in total. The Bertz CT molecular complexity index is 310. The van der Waals surface area contributed by atoms with Crippen LogP contribution in [-0.4, -0.2) is 35.4 Å². The van der Waals surface area contributed by atoms with Crippen molar-refractivity contribution in [3.8, 4) is 0 Å². The van der Waals surface area contributed by atoms with E-state index >= 15 is 0 Å². The molecule has 2 amide bonds. The van der Waals surface area contributed by atoms with Crippen LogP contribution in [-0.2, 0) is 28.8 Å². The molecule has 16 heavy (non-hydrogen) atoms. The largest absolute Gasteiger partial charge is 0.464 e. The Morgan fingerprint density at radius 2 is 2.00 bits per heavy atom. The third kappa shape index (κ3) is 3.04. The van der Waals surface area contributed by atoms with Gasteiger partial charge in [0.1, 0.15) is 6.10 Å². The van der Waals surface area contributed by atoms with E-state index in [0.29, 0.717) is 5.06 Å². The number of carbonyl (C=O) groups is 4. The molecular weight excluding hydrogens is 218 g/mol. The highest BCUT2D eigenvalue weighted by Gasteiger charge is 2.33. The number of rotatable bonds is 5. The normalized spacial score (nSPS) is 17.2. The third-order valence-corrected chi connectivity index (χ3v) is 1.94. The first-order chi connectivity index (χ1) is 7.54. The molecule has 1 saturated heterocycles. The van der Waals surface area contributed by atoms with Crippen LogP contribution in [0.15, 0.2) is 0 Å².